The largest absolute Gasteiger partial charge is 0.384 e. The van der Waals surface area contributed by atoms with Crippen molar-refractivity contribution in [2.75, 3.05) is 11.9 Å². The number of halogens is 2. The molecule has 0 heterocycles. The molecule has 3 heteroatoms. The Labute approximate surface area is 124 Å². The third-order valence-electron chi connectivity index (χ3n) is 3.90. The summed E-state index contributed by atoms with van der Waals surface area (Å²) in [6.07, 6.45) is 7.59. The molecule has 90 valence electrons. The summed E-state index contributed by atoms with van der Waals surface area (Å²) >= 11 is 5.96. The summed E-state index contributed by atoms with van der Waals surface area (Å²) in [5.74, 6) is 2.52. The highest BCUT2D eigenvalue weighted by atomic mass is 127. The van der Waals surface area contributed by atoms with Gasteiger partial charge in [-0.05, 0) is 87.3 Å². The molecule has 1 aromatic carbocycles. The van der Waals surface area contributed by atoms with Crippen LogP contribution in [0.4, 0.5) is 5.69 Å². The van der Waals surface area contributed by atoms with E-state index in [9.17, 15) is 0 Å². The Morgan fingerprint density at radius 3 is 2.88 bits per heavy atom. The molecule has 2 aliphatic carbocycles. The fraction of sp³-hybridized carbons (Fsp3) is 0.429. The van der Waals surface area contributed by atoms with Gasteiger partial charge in [0.15, 0.2) is 0 Å². The van der Waals surface area contributed by atoms with Gasteiger partial charge in [0.05, 0.1) is 0 Å². The topological polar surface area (TPSA) is 12.0 Å². The van der Waals surface area contributed by atoms with Crippen LogP contribution < -0.4 is 5.32 Å². The molecule has 3 rings (SSSR count). The molecule has 1 saturated carbocycles. The zero-order valence-corrected chi connectivity index (χ0v) is 13.2. The van der Waals surface area contributed by atoms with Gasteiger partial charge in [-0.2, -0.15) is 0 Å². The number of hydrogen-bond donors (Lipinski definition) is 1. The molecular weight excluding hydrogens is 389 g/mol. The second-order valence-corrected chi connectivity index (χ2v) is 7.15. The number of benzene rings is 1. The number of nitrogens with one attached hydrogen (secondary N) is 1. The molecule has 0 spiro atoms. The third-order valence-corrected chi connectivity index (χ3v) is 5.26. The molecule has 0 amide bonds. The average Bonchev–Trinajstić information content (AvgIpc) is 2.92. The van der Waals surface area contributed by atoms with Crippen molar-refractivity contribution in [3.05, 3.63) is 38.4 Å². The molecule has 2 bridgehead atoms. The van der Waals surface area contributed by atoms with Gasteiger partial charge in [-0.3, -0.25) is 0 Å². The van der Waals surface area contributed by atoms with Gasteiger partial charge in [0.25, 0.3) is 0 Å². The molecule has 0 radical (unpaired) electrons. The SMILES string of the molecule is Brc1ccc(I)cc1NCC1CC2C=CC1C2. The molecule has 3 unspecified atom stereocenters. The van der Waals surface area contributed by atoms with Gasteiger partial charge in [-0.15, -0.1) is 0 Å². The molecule has 2 aliphatic rings. The quantitative estimate of drug-likeness (QED) is 0.570. The fourth-order valence-corrected chi connectivity index (χ4v) is 3.88. The average molecular weight is 404 g/mol. The van der Waals surface area contributed by atoms with Gasteiger partial charge in [0.2, 0.25) is 0 Å². The van der Waals surface area contributed by atoms with Crippen molar-refractivity contribution in [2.45, 2.75) is 12.8 Å². The second-order valence-electron chi connectivity index (χ2n) is 5.05. The predicted octanol–water partition coefficient (Wildman–Crippen LogP) is 4.68. The van der Waals surface area contributed by atoms with Crippen molar-refractivity contribution in [2.24, 2.45) is 17.8 Å². The fourth-order valence-electron chi connectivity index (χ4n) is 3.00. The minimum Gasteiger partial charge on any atom is -0.384 e. The number of rotatable bonds is 3. The van der Waals surface area contributed by atoms with Gasteiger partial charge in [0, 0.05) is 20.3 Å². The number of allylic oxidation sites excluding steroid dienone is 2. The lowest BCUT2D eigenvalue weighted by Gasteiger charge is -2.19. The Hall–Kier alpha value is -0.0300. The van der Waals surface area contributed by atoms with Crippen LogP contribution in [0, 0.1) is 21.3 Å². The highest BCUT2D eigenvalue weighted by Crippen LogP contribution is 2.43. The second kappa shape index (κ2) is 4.92. The van der Waals surface area contributed by atoms with Crippen LogP contribution in [0.5, 0.6) is 0 Å². The monoisotopic (exact) mass is 403 g/mol. The van der Waals surface area contributed by atoms with Crippen molar-refractivity contribution in [3.63, 3.8) is 0 Å². The van der Waals surface area contributed by atoms with E-state index >= 15 is 0 Å². The first-order chi connectivity index (χ1) is 8.22. The molecule has 3 atom stereocenters. The first-order valence-corrected chi connectivity index (χ1v) is 7.97. The van der Waals surface area contributed by atoms with E-state index in [0.717, 1.165) is 28.8 Å². The summed E-state index contributed by atoms with van der Waals surface area (Å²) in [4.78, 5) is 0. The zero-order valence-electron chi connectivity index (χ0n) is 9.50. The molecular formula is C14H15BrIN. The smallest absolute Gasteiger partial charge is 0.0495 e. The number of fused-ring (bicyclic) bond motifs is 2. The van der Waals surface area contributed by atoms with Crippen molar-refractivity contribution in [1.29, 1.82) is 0 Å². The summed E-state index contributed by atoms with van der Waals surface area (Å²) < 4.78 is 2.44. The van der Waals surface area contributed by atoms with Crippen LogP contribution in [0.3, 0.4) is 0 Å². The third kappa shape index (κ3) is 2.55. The minimum absolute atomic E-state index is 0.828. The first kappa shape index (κ1) is 12.0. The molecule has 0 aliphatic heterocycles. The van der Waals surface area contributed by atoms with Crippen molar-refractivity contribution < 1.29 is 0 Å². The first-order valence-electron chi connectivity index (χ1n) is 6.09. The van der Waals surface area contributed by atoms with E-state index in [1.54, 1.807) is 0 Å². The molecule has 0 aromatic heterocycles. The van der Waals surface area contributed by atoms with Gasteiger partial charge in [0.1, 0.15) is 0 Å². The maximum atomic E-state index is 3.60. The normalized spacial score (nSPS) is 29.9. The van der Waals surface area contributed by atoms with E-state index in [1.165, 1.54) is 22.1 Å². The summed E-state index contributed by atoms with van der Waals surface area (Å²) in [6, 6.07) is 6.44. The van der Waals surface area contributed by atoms with Crippen molar-refractivity contribution in [1.82, 2.24) is 0 Å². The zero-order chi connectivity index (χ0) is 11.8. The lowest BCUT2D eigenvalue weighted by Crippen LogP contribution is -2.18. The van der Waals surface area contributed by atoms with Crippen LogP contribution >= 0.6 is 38.5 Å². The van der Waals surface area contributed by atoms with Crippen LogP contribution in [0.1, 0.15) is 12.8 Å². The van der Waals surface area contributed by atoms with Crippen LogP contribution in [0.2, 0.25) is 0 Å². The molecule has 1 aromatic rings. The van der Waals surface area contributed by atoms with E-state index < -0.39 is 0 Å². The molecule has 17 heavy (non-hydrogen) atoms. The molecule has 1 N–H and O–H groups in total. The van der Waals surface area contributed by atoms with E-state index in [1.807, 2.05) is 0 Å². The summed E-state index contributed by atoms with van der Waals surface area (Å²) in [5, 5.41) is 3.59. The maximum absolute atomic E-state index is 3.60. The Balaban J connectivity index is 1.64. The highest BCUT2D eigenvalue weighted by molar-refractivity contribution is 14.1. The van der Waals surface area contributed by atoms with Gasteiger partial charge in [-0.25, -0.2) is 0 Å². The van der Waals surface area contributed by atoms with Crippen molar-refractivity contribution in [3.8, 4) is 0 Å². The van der Waals surface area contributed by atoms with Crippen LogP contribution in [-0.4, -0.2) is 6.54 Å². The Morgan fingerprint density at radius 1 is 1.29 bits per heavy atom. The van der Waals surface area contributed by atoms with Crippen LogP contribution in [0.25, 0.3) is 0 Å². The minimum atomic E-state index is 0.828. The predicted molar refractivity (Wildman–Crippen MR) is 84.2 cm³/mol. The maximum Gasteiger partial charge on any atom is 0.0495 e. The standard InChI is InChI=1S/C14H15BrIN/c15-13-4-3-12(16)7-14(13)17-8-11-6-9-1-2-10(11)5-9/h1-4,7,9-11,17H,5-6,8H2. The van der Waals surface area contributed by atoms with Gasteiger partial charge in [-0.1, -0.05) is 12.2 Å². The van der Waals surface area contributed by atoms with Gasteiger partial charge >= 0.3 is 0 Å². The Bertz CT molecular complexity index is 458. The van der Waals surface area contributed by atoms with E-state index in [2.05, 4.69) is 74.2 Å². The number of anilines is 1. The van der Waals surface area contributed by atoms with E-state index in [0.29, 0.717) is 0 Å². The molecule has 1 nitrogen and oxygen atoms in total. The van der Waals surface area contributed by atoms with Crippen LogP contribution in [-0.2, 0) is 0 Å². The summed E-state index contributed by atoms with van der Waals surface area (Å²) in [5.41, 5.74) is 1.23. The lowest BCUT2D eigenvalue weighted by atomic mass is 9.93. The van der Waals surface area contributed by atoms with E-state index in [-0.39, 0.29) is 0 Å². The molecule has 1 fully saturated rings. The Morgan fingerprint density at radius 2 is 2.18 bits per heavy atom. The lowest BCUT2D eigenvalue weighted by molar-refractivity contribution is 0.472. The Kier molecular flexibility index (Phi) is 3.48. The highest BCUT2D eigenvalue weighted by Gasteiger charge is 2.35. The summed E-state index contributed by atoms with van der Waals surface area (Å²) in [6.45, 7) is 1.10. The molecule has 0 saturated heterocycles. The van der Waals surface area contributed by atoms with Crippen LogP contribution in [0.15, 0.2) is 34.8 Å². The van der Waals surface area contributed by atoms with Gasteiger partial charge < -0.3 is 5.32 Å². The van der Waals surface area contributed by atoms with Crippen molar-refractivity contribution >= 4 is 44.2 Å². The number of hydrogen-bond acceptors (Lipinski definition) is 1. The summed E-state index contributed by atoms with van der Waals surface area (Å²) in [7, 11) is 0. The van der Waals surface area contributed by atoms with E-state index in [4.69, 9.17) is 0 Å².